The quantitative estimate of drug-likeness (QED) is 0.764. The molecule has 0 aromatic heterocycles. The van der Waals surface area contributed by atoms with Crippen LogP contribution in [0, 0.1) is 5.82 Å². The molecule has 0 aliphatic carbocycles. The van der Waals surface area contributed by atoms with Crippen molar-refractivity contribution in [3.63, 3.8) is 0 Å². The monoisotopic (exact) mass is 214 g/mol. The third-order valence-corrected chi connectivity index (χ3v) is 2.19. The van der Waals surface area contributed by atoms with Gasteiger partial charge in [0.05, 0.1) is 6.10 Å². The topological polar surface area (TPSA) is 20.2 Å². The van der Waals surface area contributed by atoms with E-state index in [0.717, 1.165) is 5.57 Å². The Balaban J connectivity index is 2.90. The molecule has 0 bridgehead atoms. The lowest BCUT2D eigenvalue weighted by Crippen LogP contribution is -1.99. The summed E-state index contributed by atoms with van der Waals surface area (Å²) in [7, 11) is 0. The van der Waals surface area contributed by atoms with Gasteiger partial charge in [-0.05, 0) is 31.0 Å². The molecule has 0 aliphatic rings. The molecule has 1 rings (SSSR count). The first-order valence-electron chi connectivity index (χ1n) is 4.28. The second kappa shape index (κ2) is 4.58. The number of halogens is 2. The molecule has 14 heavy (non-hydrogen) atoms. The van der Waals surface area contributed by atoms with Gasteiger partial charge in [0.2, 0.25) is 0 Å². The van der Waals surface area contributed by atoms with E-state index in [1.54, 1.807) is 0 Å². The normalized spacial score (nSPS) is 12.6. The first-order chi connectivity index (χ1) is 6.50. The van der Waals surface area contributed by atoms with Gasteiger partial charge in [-0.1, -0.05) is 23.2 Å². The van der Waals surface area contributed by atoms with E-state index >= 15 is 0 Å². The molecule has 1 unspecified atom stereocenters. The first-order valence-corrected chi connectivity index (χ1v) is 4.66. The zero-order chi connectivity index (χ0) is 10.7. The van der Waals surface area contributed by atoms with Crippen molar-refractivity contribution in [2.45, 2.75) is 19.4 Å². The van der Waals surface area contributed by atoms with Crippen molar-refractivity contribution in [1.29, 1.82) is 0 Å². The molecular formula is C11H12ClFO. The highest BCUT2D eigenvalue weighted by Gasteiger charge is 2.11. The van der Waals surface area contributed by atoms with Gasteiger partial charge in [0, 0.05) is 5.02 Å². The number of hydrogen-bond donors (Lipinski definition) is 1. The lowest BCUT2D eigenvalue weighted by Gasteiger charge is -2.12. The summed E-state index contributed by atoms with van der Waals surface area (Å²) in [5.41, 5.74) is 1.40. The van der Waals surface area contributed by atoms with Gasteiger partial charge < -0.3 is 5.11 Å². The van der Waals surface area contributed by atoms with Crippen LogP contribution in [0.3, 0.4) is 0 Å². The highest BCUT2D eigenvalue weighted by atomic mass is 35.5. The summed E-state index contributed by atoms with van der Waals surface area (Å²) in [5.74, 6) is -0.402. The maximum absolute atomic E-state index is 12.7. The number of aliphatic hydroxyl groups excluding tert-OH is 1. The van der Waals surface area contributed by atoms with Crippen molar-refractivity contribution in [1.82, 2.24) is 0 Å². The highest BCUT2D eigenvalue weighted by molar-refractivity contribution is 6.31. The van der Waals surface area contributed by atoms with Gasteiger partial charge in [-0.25, -0.2) is 4.39 Å². The lowest BCUT2D eigenvalue weighted by molar-refractivity contribution is 0.178. The molecule has 1 atom stereocenters. The number of aliphatic hydroxyl groups is 1. The maximum atomic E-state index is 12.7. The van der Waals surface area contributed by atoms with Crippen LogP contribution in [0.25, 0.3) is 0 Å². The van der Waals surface area contributed by atoms with Crippen LogP contribution < -0.4 is 0 Å². The Labute approximate surface area is 87.8 Å². The molecule has 0 heterocycles. The van der Waals surface area contributed by atoms with Gasteiger partial charge in [0.15, 0.2) is 0 Å². The second-order valence-electron chi connectivity index (χ2n) is 3.34. The zero-order valence-electron chi connectivity index (χ0n) is 7.93. The van der Waals surface area contributed by atoms with Crippen molar-refractivity contribution in [2.75, 3.05) is 0 Å². The van der Waals surface area contributed by atoms with E-state index in [2.05, 4.69) is 6.58 Å². The van der Waals surface area contributed by atoms with Gasteiger partial charge in [0.1, 0.15) is 5.82 Å². The molecule has 0 spiro atoms. The van der Waals surface area contributed by atoms with E-state index in [-0.39, 0.29) is 5.02 Å². The summed E-state index contributed by atoms with van der Waals surface area (Å²) in [4.78, 5) is 0. The second-order valence-corrected chi connectivity index (χ2v) is 3.75. The van der Waals surface area contributed by atoms with Crippen LogP contribution >= 0.6 is 11.6 Å². The molecule has 0 saturated carbocycles. The molecule has 0 saturated heterocycles. The van der Waals surface area contributed by atoms with Crippen molar-refractivity contribution >= 4 is 11.6 Å². The summed E-state index contributed by atoms with van der Waals surface area (Å²) >= 11 is 5.78. The molecule has 1 aromatic rings. The average Bonchev–Trinajstić information content (AvgIpc) is 2.01. The number of rotatable bonds is 3. The molecule has 0 radical (unpaired) electrons. The lowest BCUT2D eigenvalue weighted by atomic mass is 10.0. The predicted molar refractivity (Wildman–Crippen MR) is 55.8 cm³/mol. The molecule has 1 aromatic carbocycles. The minimum Gasteiger partial charge on any atom is -0.388 e. The number of hydrogen-bond acceptors (Lipinski definition) is 1. The molecule has 3 heteroatoms. The Morgan fingerprint density at radius 2 is 2.29 bits per heavy atom. The Morgan fingerprint density at radius 1 is 1.64 bits per heavy atom. The van der Waals surface area contributed by atoms with Crippen LogP contribution in [-0.4, -0.2) is 5.11 Å². The first kappa shape index (κ1) is 11.2. The largest absolute Gasteiger partial charge is 0.388 e. The summed E-state index contributed by atoms with van der Waals surface area (Å²) in [6.07, 6.45) is -0.272. The molecule has 76 valence electrons. The van der Waals surface area contributed by atoms with E-state index < -0.39 is 11.9 Å². The van der Waals surface area contributed by atoms with E-state index in [4.69, 9.17) is 11.6 Å². The fraction of sp³-hybridized carbons (Fsp3) is 0.273. The van der Waals surface area contributed by atoms with Gasteiger partial charge >= 0.3 is 0 Å². The predicted octanol–water partition coefficient (Wildman–Crippen LogP) is 3.48. The molecule has 0 amide bonds. The van der Waals surface area contributed by atoms with Gasteiger partial charge in [-0.2, -0.15) is 0 Å². The third-order valence-electron chi connectivity index (χ3n) is 1.86. The van der Waals surface area contributed by atoms with Crippen molar-refractivity contribution < 1.29 is 9.50 Å². The van der Waals surface area contributed by atoms with Crippen molar-refractivity contribution in [2.24, 2.45) is 0 Å². The Hall–Kier alpha value is -0.860. The summed E-state index contributed by atoms with van der Waals surface area (Å²) in [5, 5.41) is 9.94. The average molecular weight is 215 g/mol. The SMILES string of the molecule is C=C(C)CC(O)c1ccc(F)cc1Cl. The minimum absolute atomic E-state index is 0.249. The van der Waals surface area contributed by atoms with E-state index in [1.807, 2.05) is 6.92 Å². The summed E-state index contributed by atoms with van der Waals surface area (Å²) < 4.78 is 12.7. The van der Waals surface area contributed by atoms with E-state index in [9.17, 15) is 9.50 Å². The van der Waals surface area contributed by atoms with Crippen LogP contribution in [0.5, 0.6) is 0 Å². The van der Waals surface area contributed by atoms with Crippen LogP contribution in [0.2, 0.25) is 5.02 Å². The standard InChI is InChI=1S/C11H12ClFO/c1-7(2)5-11(14)9-4-3-8(13)6-10(9)12/h3-4,6,11,14H,1,5H2,2H3. The summed E-state index contributed by atoms with van der Waals surface area (Å²) in [6, 6.07) is 3.96. The smallest absolute Gasteiger partial charge is 0.124 e. The third kappa shape index (κ3) is 2.82. The van der Waals surface area contributed by atoms with Gasteiger partial charge in [-0.15, -0.1) is 6.58 Å². The molecule has 0 aliphatic heterocycles. The van der Waals surface area contributed by atoms with Crippen LogP contribution in [0.1, 0.15) is 25.0 Å². The Morgan fingerprint density at radius 3 is 2.79 bits per heavy atom. The zero-order valence-corrected chi connectivity index (χ0v) is 8.68. The molecular weight excluding hydrogens is 203 g/mol. The van der Waals surface area contributed by atoms with Crippen molar-refractivity contribution in [3.8, 4) is 0 Å². The Kier molecular flexibility index (Phi) is 3.67. The fourth-order valence-corrected chi connectivity index (χ4v) is 1.50. The maximum Gasteiger partial charge on any atom is 0.124 e. The highest BCUT2D eigenvalue weighted by Crippen LogP contribution is 2.27. The van der Waals surface area contributed by atoms with Gasteiger partial charge in [-0.3, -0.25) is 0 Å². The van der Waals surface area contributed by atoms with Gasteiger partial charge in [0.25, 0.3) is 0 Å². The van der Waals surface area contributed by atoms with E-state index in [1.165, 1.54) is 18.2 Å². The van der Waals surface area contributed by atoms with E-state index in [0.29, 0.717) is 12.0 Å². The molecule has 1 nitrogen and oxygen atoms in total. The fourth-order valence-electron chi connectivity index (χ4n) is 1.21. The van der Waals surface area contributed by atoms with Crippen LogP contribution in [0.15, 0.2) is 30.4 Å². The molecule has 0 fully saturated rings. The van der Waals surface area contributed by atoms with Crippen LogP contribution in [0.4, 0.5) is 4.39 Å². The Bertz CT molecular complexity index is 349. The molecule has 1 N–H and O–H groups in total. The van der Waals surface area contributed by atoms with Crippen molar-refractivity contribution in [3.05, 3.63) is 46.8 Å². The summed E-state index contributed by atoms with van der Waals surface area (Å²) in [6.45, 7) is 5.51. The minimum atomic E-state index is -0.708. The van der Waals surface area contributed by atoms with Crippen LogP contribution in [-0.2, 0) is 0 Å². The number of benzene rings is 1.